The van der Waals surface area contributed by atoms with Gasteiger partial charge in [-0.15, -0.1) is 0 Å². The molecule has 1 aromatic heterocycles. The molecular formula is C25H20O7. The van der Waals surface area contributed by atoms with Crippen molar-refractivity contribution in [3.63, 3.8) is 0 Å². The monoisotopic (exact) mass is 432 g/mol. The van der Waals surface area contributed by atoms with Crippen LogP contribution >= 0.6 is 0 Å². The standard InChI is InChI=1S/C25H20O7/c1-28-17-6-4-5-16(11-17)25(27)32-18-8-9-19-22(13-18)31-14-20(24(19)26)15-7-10-21(29-2)23(12-15)30-3/h4-14H,1-3H3. The number of hydrogen-bond acceptors (Lipinski definition) is 7. The van der Waals surface area contributed by atoms with Crippen LogP contribution in [-0.2, 0) is 0 Å². The molecule has 4 aromatic rings. The van der Waals surface area contributed by atoms with E-state index in [-0.39, 0.29) is 11.2 Å². The third kappa shape index (κ3) is 4.00. The van der Waals surface area contributed by atoms with Gasteiger partial charge >= 0.3 is 5.97 Å². The fourth-order valence-electron chi connectivity index (χ4n) is 3.29. The van der Waals surface area contributed by atoms with E-state index in [1.165, 1.54) is 26.5 Å². The Morgan fingerprint density at radius 1 is 0.812 bits per heavy atom. The highest BCUT2D eigenvalue weighted by Gasteiger charge is 2.15. The number of benzene rings is 3. The summed E-state index contributed by atoms with van der Waals surface area (Å²) in [5, 5.41) is 0.360. The maximum atomic E-state index is 13.1. The van der Waals surface area contributed by atoms with Crippen LogP contribution in [0.5, 0.6) is 23.0 Å². The first-order valence-corrected chi connectivity index (χ1v) is 9.68. The van der Waals surface area contributed by atoms with Gasteiger partial charge in [-0.25, -0.2) is 4.79 Å². The molecule has 0 N–H and O–H groups in total. The third-order valence-electron chi connectivity index (χ3n) is 4.96. The van der Waals surface area contributed by atoms with Crippen LogP contribution < -0.4 is 24.4 Å². The van der Waals surface area contributed by atoms with Crippen molar-refractivity contribution in [2.45, 2.75) is 0 Å². The average Bonchev–Trinajstić information content (AvgIpc) is 2.83. The molecule has 0 radical (unpaired) electrons. The molecule has 1 heterocycles. The molecule has 0 aliphatic rings. The maximum absolute atomic E-state index is 13.1. The van der Waals surface area contributed by atoms with Crippen LogP contribution in [0.3, 0.4) is 0 Å². The van der Waals surface area contributed by atoms with Gasteiger partial charge in [-0.3, -0.25) is 4.79 Å². The first kappa shape index (κ1) is 21.0. The molecule has 32 heavy (non-hydrogen) atoms. The summed E-state index contributed by atoms with van der Waals surface area (Å²) in [7, 11) is 4.59. The van der Waals surface area contributed by atoms with E-state index in [0.717, 1.165) is 0 Å². The summed E-state index contributed by atoms with van der Waals surface area (Å²) in [5.74, 6) is 1.32. The van der Waals surface area contributed by atoms with E-state index in [1.54, 1.807) is 61.7 Å². The van der Waals surface area contributed by atoms with Crippen molar-refractivity contribution < 1.29 is 28.2 Å². The lowest BCUT2D eigenvalue weighted by Crippen LogP contribution is -2.09. The molecule has 0 fully saturated rings. The lowest BCUT2D eigenvalue weighted by atomic mass is 10.0. The molecule has 0 atom stereocenters. The molecule has 0 aliphatic heterocycles. The van der Waals surface area contributed by atoms with Gasteiger partial charge in [-0.1, -0.05) is 12.1 Å². The number of rotatable bonds is 6. The van der Waals surface area contributed by atoms with Crippen LogP contribution in [0, 0.1) is 0 Å². The van der Waals surface area contributed by atoms with Gasteiger partial charge in [0.25, 0.3) is 0 Å². The van der Waals surface area contributed by atoms with Gasteiger partial charge < -0.3 is 23.4 Å². The van der Waals surface area contributed by atoms with E-state index in [1.807, 2.05) is 0 Å². The molecule has 7 heteroatoms. The summed E-state index contributed by atoms with van der Waals surface area (Å²) >= 11 is 0. The van der Waals surface area contributed by atoms with E-state index in [9.17, 15) is 9.59 Å². The maximum Gasteiger partial charge on any atom is 0.343 e. The number of ether oxygens (including phenoxy) is 4. The third-order valence-corrected chi connectivity index (χ3v) is 4.96. The Morgan fingerprint density at radius 2 is 1.62 bits per heavy atom. The quantitative estimate of drug-likeness (QED) is 0.322. The zero-order valence-corrected chi connectivity index (χ0v) is 17.7. The largest absolute Gasteiger partial charge is 0.497 e. The van der Waals surface area contributed by atoms with Crippen molar-refractivity contribution in [1.29, 1.82) is 0 Å². The van der Waals surface area contributed by atoms with Gasteiger partial charge in [0.2, 0.25) is 0 Å². The van der Waals surface area contributed by atoms with Crippen LogP contribution in [0.15, 0.2) is 76.1 Å². The second kappa shape index (κ2) is 8.85. The molecule has 162 valence electrons. The number of fused-ring (bicyclic) bond motifs is 1. The van der Waals surface area contributed by atoms with E-state index in [4.69, 9.17) is 23.4 Å². The van der Waals surface area contributed by atoms with Gasteiger partial charge in [0, 0.05) is 6.07 Å². The lowest BCUT2D eigenvalue weighted by molar-refractivity contribution is 0.0734. The van der Waals surface area contributed by atoms with Crippen molar-refractivity contribution >= 4 is 16.9 Å². The van der Waals surface area contributed by atoms with Crippen molar-refractivity contribution in [2.24, 2.45) is 0 Å². The zero-order valence-electron chi connectivity index (χ0n) is 17.7. The van der Waals surface area contributed by atoms with Crippen molar-refractivity contribution in [2.75, 3.05) is 21.3 Å². The van der Waals surface area contributed by atoms with E-state index >= 15 is 0 Å². The topological polar surface area (TPSA) is 84.2 Å². The predicted octanol–water partition coefficient (Wildman–Crippen LogP) is 4.71. The van der Waals surface area contributed by atoms with Gasteiger partial charge in [-0.05, 0) is 48.0 Å². The van der Waals surface area contributed by atoms with Gasteiger partial charge in [0.05, 0.1) is 37.8 Å². The molecular weight excluding hydrogens is 412 g/mol. The van der Waals surface area contributed by atoms with Gasteiger partial charge in [-0.2, -0.15) is 0 Å². The molecule has 0 saturated heterocycles. The predicted molar refractivity (Wildman–Crippen MR) is 119 cm³/mol. The molecule has 0 saturated carbocycles. The van der Waals surface area contributed by atoms with Crippen LogP contribution in [0.2, 0.25) is 0 Å². The van der Waals surface area contributed by atoms with Crippen LogP contribution in [0.25, 0.3) is 22.1 Å². The smallest absolute Gasteiger partial charge is 0.343 e. The molecule has 3 aromatic carbocycles. The number of methoxy groups -OCH3 is 3. The Hall–Kier alpha value is -4.26. The summed E-state index contributed by atoms with van der Waals surface area (Å²) in [6, 6.07) is 16.5. The minimum Gasteiger partial charge on any atom is -0.497 e. The molecule has 0 amide bonds. The Bertz CT molecular complexity index is 1350. The highest BCUT2D eigenvalue weighted by atomic mass is 16.5. The SMILES string of the molecule is COc1cccc(C(=O)Oc2ccc3c(=O)c(-c4ccc(OC)c(OC)c4)coc3c2)c1. The molecule has 0 aliphatic carbocycles. The number of esters is 1. The Labute approximate surface area is 183 Å². The second-order valence-electron chi connectivity index (χ2n) is 6.83. The average molecular weight is 432 g/mol. The summed E-state index contributed by atoms with van der Waals surface area (Å²) in [6.07, 6.45) is 1.37. The van der Waals surface area contributed by atoms with Gasteiger partial charge in [0.15, 0.2) is 16.9 Å². The van der Waals surface area contributed by atoms with Crippen LogP contribution in [-0.4, -0.2) is 27.3 Å². The first-order valence-electron chi connectivity index (χ1n) is 9.68. The van der Waals surface area contributed by atoms with Crippen molar-refractivity contribution in [1.82, 2.24) is 0 Å². The fraction of sp³-hybridized carbons (Fsp3) is 0.120. The first-order chi connectivity index (χ1) is 15.5. The van der Waals surface area contributed by atoms with E-state index in [2.05, 4.69) is 0 Å². The number of carbonyl (C=O) groups excluding carboxylic acids is 1. The Balaban J connectivity index is 1.65. The van der Waals surface area contributed by atoms with Crippen molar-refractivity contribution in [3.05, 3.63) is 82.7 Å². The highest BCUT2D eigenvalue weighted by Crippen LogP contribution is 2.32. The van der Waals surface area contributed by atoms with Crippen LogP contribution in [0.1, 0.15) is 10.4 Å². The minimum absolute atomic E-state index is 0.218. The van der Waals surface area contributed by atoms with Crippen molar-refractivity contribution in [3.8, 4) is 34.1 Å². The zero-order chi connectivity index (χ0) is 22.7. The van der Waals surface area contributed by atoms with Crippen LogP contribution in [0.4, 0.5) is 0 Å². The molecule has 0 bridgehead atoms. The molecule has 4 rings (SSSR count). The Kier molecular flexibility index (Phi) is 5.81. The lowest BCUT2D eigenvalue weighted by Gasteiger charge is -2.10. The molecule has 0 spiro atoms. The number of carbonyl (C=O) groups is 1. The normalized spacial score (nSPS) is 10.6. The van der Waals surface area contributed by atoms with Gasteiger partial charge in [0.1, 0.15) is 23.3 Å². The summed E-state index contributed by atoms with van der Waals surface area (Å²) in [6.45, 7) is 0. The summed E-state index contributed by atoms with van der Waals surface area (Å²) < 4.78 is 26.8. The summed E-state index contributed by atoms with van der Waals surface area (Å²) in [4.78, 5) is 25.5. The van der Waals surface area contributed by atoms with E-state index < -0.39 is 5.97 Å². The summed E-state index contributed by atoms with van der Waals surface area (Å²) in [5.41, 5.74) is 1.43. The molecule has 0 unspecified atom stereocenters. The van der Waals surface area contributed by atoms with E-state index in [0.29, 0.717) is 44.9 Å². The molecule has 7 nitrogen and oxygen atoms in total. The highest BCUT2D eigenvalue weighted by molar-refractivity contribution is 5.92. The fourth-order valence-corrected chi connectivity index (χ4v) is 3.29. The second-order valence-corrected chi connectivity index (χ2v) is 6.83. The Morgan fingerprint density at radius 3 is 2.38 bits per heavy atom. The minimum atomic E-state index is -0.549. The number of hydrogen-bond donors (Lipinski definition) is 0.